The second-order valence-corrected chi connectivity index (χ2v) is 12.6. The summed E-state index contributed by atoms with van der Waals surface area (Å²) in [7, 11) is 1.47. The summed E-state index contributed by atoms with van der Waals surface area (Å²) >= 11 is 0. The summed E-state index contributed by atoms with van der Waals surface area (Å²) in [6.07, 6.45) is 11.4. The number of aliphatic hydroxyl groups is 1. The molecule has 0 radical (unpaired) electrons. The van der Waals surface area contributed by atoms with E-state index in [-0.39, 0.29) is 34.7 Å². The van der Waals surface area contributed by atoms with Gasteiger partial charge in [-0.05, 0) is 91.8 Å². The van der Waals surface area contributed by atoms with E-state index in [4.69, 9.17) is 4.74 Å². The number of esters is 1. The van der Waals surface area contributed by atoms with Gasteiger partial charge in [0.05, 0.1) is 19.1 Å². The molecular formula is C28H46O4. The summed E-state index contributed by atoms with van der Waals surface area (Å²) in [5.74, 6) is 3.43. The summed E-state index contributed by atoms with van der Waals surface area (Å²) in [6, 6.07) is 0. The Hall–Kier alpha value is -0.900. The largest absolute Gasteiger partial charge is 0.469 e. The van der Waals surface area contributed by atoms with Gasteiger partial charge in [-0.15, -0.1) is 0 Å². The summed E-state index contributed by atoms with van der Waals surface area (Å²) in [4.78, 5) is 25.2. The van der Waals surface area contributed by atoms with Crippen molar-refractivity contribution in [2.24, 2.45) is 52.3 Å². The Bertz CT molecular complexity index is 718. The first-order valence-corrected chi connectivity index (χ1v) is 13.4. The first-order valence-electron chi connectivity index (χ1n) is 13.4. The molecule has 0 saturated heterocycles. The highest BCUT2D eigenvalue weighted by atomic mass is 16.5. The summed E-state index contributed by atoms with van der Waals surface area (Å²) in [5, 5.41) is 10.2. The van der Waals surface area contributed by atoms with Crippen LogP contribution in [0.2, 0.25) is 0 Å². The van der Waals surface area contributed by atoms with Crippen LogP contribution in [0.5, 0.6) is 0 Å². The van der Waals surface area contributed by atoms with Crippen molar-refractivity contribution in [1.29, 1.82) is 0 Å². The molecule has 0 aromatic carbocycles. The van der Waals surface area contributed by atoms with Crippen LogP contribution in [0.1, 0.15) is 98.3 Å². The fourth-order valence-corrected chi connectivity index (χ4v) is 9.15. The van der Waals surface area contributed by atoms with Gasteiger partial charge in [0.25, 0.3) is 0 Å². The number of methoxy groups -OCH3 is 1. The Morgan fingerprint density at radius 2 is 1.75 bits per heavy atom. The Morgan fingerprint density at radius 1 is 1.06 bits per heavy atom. The van der Waals surface area contributed by atoms with Crippen LogP contribution in [0.25, 0.3) is 0 Å². The number of Topliss-reactive ketones (excluding diaryl/α,β-unsaturated/α-hetero) is 1. The minimum Gasteiger partial charge on any atom is -0.469 e. The van der Waals surface area contributed by atoms with Crippen molar-refractivity contribution in [1.82, 2.24) is 0 Å². The van der Waals surface area contributed by atoms with Crippen LogP contribution < -0.4 is 0 Å². The Labute approximate surface area is 195 Å². The Kier molecular flexibility index (Phi) is 6.85. The number of ketones is 1. The third-order valence-electron chi connectivity index (χ3n) is 11.1. The van der Waals surface area contributed by atoms with Gasteiger partial charge in [0.2, 0.25) is 0 Å². The topological polar surface area (TPSA) is 63.6 Å². The van der Waals surface area contributed by atoms with Crippen LogP contribution in [0.3, 0.4) is 0 Å². The Morgan fingerprint density at radius 3 is 2.47 bits per heavy atom. The molecule has 4 saturated carbocycles. The molecule has 0 aliphatic heterocycles. The Balaban J connectivity index is 1.44. The number of aliphatic hydroxyl groups excluding tert-OH is 1. The lowest BCUT2D eigenvalue weighted by atomic mass is 9.44. The van der Waals surface area contributed by atoms with E-state index in [0.29, 0.717) is 41.8 Å². The molecule has 4 rings (SSSR count). The number of hydrogen-bond acceptors (Lipinski definition) is 4. The maximum atomic E-state index is 13.5. The molecule has 4 aliphatic carbocycles. The smallest absolute Gasteiger partial charge is 0.308 e. The van der Waals surface area contributed by atoms with Gasteiger partial charge in [-0.2, -0.15) is 0 Å². The molecule has 0 bridgehead atoms. The highest BCUT2D eigenvalue weighted by Crippen LogP contribution is 2.67. The van der Waals surface area contributed by atoms with Crippen molar-refractivity contribution in [2.75, 3.05) is 7.11 Å². The van der Waals surface area contributed by atoms with Crippen LogP contribution in [-0.4, -0.2) is 30.1 Å². The lowest BCUT2D eigenvalue weighted by molar-refractivity contribution is -0.160. The van der Waals surface area contributed by atoms with Crippen molar-refractivity contribution < 1.29 is 19.4 Å². The SMILES string of the molecule is COC(=O)C(C)CCC[C@@H](C)[C@H]1CC[C@H]2[C@@H]3C(=O)C[C@@H]4C[C@H](O)CC[C@]4(C)[C@H]3CC[C@]12C. The zero-order valence-corrected chi connectivity index (χ0v) is 21.1. The van der Waals surface area contributed by atoms with Gasteiger partial charge < -0.3 is 9.84 Å². The van der Waals surface area contributed by atoms with Crippen molar-refractivity contribution in [3.8, 4) is 0 Å². The minimum atomic E-state index is -0.204. The summed E-state index contributed by atoms with van der Waals surface area (Å²) < 4.78 is 4.88. The van der Waals surface area contributed by atoms with Crippen LogP contribution >= 0.6 is 0 Å². The average Bonchev–Trinajstić information content (AvgIpc) is 3.11. The van der Waals surface area contributed by atoms with Crippen molar-refractivity contribution in [3.63, 3.8) is 0 Å². The third-order valence-corrected chi connectivity index (χ3v) is 11.1. The molecule has 4 fully saturated rings. The number of ether oxygens (including phenoxy) is 1. The van der Waals surface area contributed by atoms with E-state index < -0.39 is 0 Å². The fraction of sp³-hybridized carbons (Fsp3) is 0.929. The maximum Gasteiger partial charge on any atom is 0.308 e. The van der Waals surface area contributed by atoms with Gasteiger partial charge in [-0.25, -0.2) is 0 Å². The predicted octanol–water partition coefficient (Wildman–Crippen LogP) is 5.80. The second-order valence-electron chi connectivity index (χ2n) is 12.6. The number of hydrogen-bond donors (Lipinski definition) is 1. The van der Waals surface area contributed by atoms with Crippen LogP contribution in [0.4, 0.5) is 0 Å². The third kappa shape index (κ3) is 3.97. The number of carbonyl (C=O) groups is 2. The average molecular weight is 447 g/mol. The first-order chi connectivity index (χ1) is 15.1. The molecule has 4 heteroatoms. The van der Waals surface area contributed by atoms with Gasteiger partial charge in [0.15, 0.2) is 0 Å². The minimum absolute atomic E-state index is 0.0166. The van der Waals surface area contributed by atoms with Crippen molar-refractivity contribution in [2.45, 2.75) is 104 Å². The quantitative estimate of drug-likeness (QED) is 0.524. The molecule has 0 amide bonds. The van der Waals surface area contributed by atoms with Crippen molar-refractivity contribution >= 4 is 11.8 Å². The molecule has 0 aromatic rings. The fourth-order valence-electron chi connectivity index (χ4n) is 9.15. The maximum absolute atomic E-state index is 13.5. The molecular weight excluding hydrogens is 400 g/mol. The normalized spacial score (nSPS) is 45.4. The highest BCUT2D eigenvalue weighted by molar-refractivity contribution is 5.83. The predicted molar refractivity (Wildman–Crippen MR) is 126 cm³/mol. The second kappa shape index (κ2) is 9.04. The number of carbonyl (C=O) groups excluding carboxylic acids is 2. The van der Waals surface area contributed by atoms with Crippen molar-refractivity contribution in [3.05, 3.63) is 0 Å². The monoisotopic (exact) mass is 446 g/mol. The number of fused-ring (bicyclic) bond motifs is 5. The molecule has 4 aliphatic rings. The van der Waals surface area contributed by atoms with E-state index in [0.717, 1.165) is 38.5 Å². The van der Waals surface area contributed by atoms with Gasteiger partial charge in [-0.1, -0.05) is 40.5 Å². The van der Waals surface area contributed by atoms with E-state index in [1.807, 2.05) is 6.92 Å². The molecule has 0 heterocycles. The van der Waals surface area contributed by atoms with Crippen LogP contribution in [0, 0.1) is 52.3 Å². The number of rotatable bonds is 6. The van der Waals surface area contributed by atoms with E-state index >= 15 is 0 Å². The summed E-state index contributed by atoms with van der Waals surface area (Å²) in [6.45, 7) is 9.34. The van der Waals surface area contributed by atoms with E-state index in [1.165, 1.54) is 32.8 Å². The van der Waals surface area contributed by atoms with E-state index in [2.05, 4.69) is 20.8 Å². The molecule has 4 nitrogen and oxygen atoms in total. The van der Waals surface area contributed by atoms with Gasteiger partial charge >= 0.3 is 5.97 Å². The first kappa shape index (κ1) is 24.2. The zero-order valence-electron chi connectivity index (χ0n) is 21.1. The molecule has 1 unspecified atom stereocenters. The van der Waals surface area contributed by atoms with E-state index in [1.54, 1.807) is 0 Å². The van der Waals surface area contributed by atoms with Gasteiger partial charge in [-0.3, -0.25) is 9.59 Å². The van der Waals surface area contributed by atoms with Crippen LogP contribution in [0.15, 0.2) is 0 Å². The zero-order chi connectivity index (χ0) is 23.3. The molecule has 32 heavy (non-hydrogen) atoms. The molecule has 0 aromatic heterocycles. The molecule has 1 N–H and O–H groups in total. The lowest BCUT2D eigenvalue weighted by Gasteiger charge is -2.60. The molecule has 0 spiro atoms. The molecule has 182 valence electrons. The highest BCUT2D eigenvalue weighted by Gasteiger charge is 2.62. The van der Waals surface area contributed by atoms with E-state index in [9.17, 15) is 14.7 Å². The lowest BCUT2D eigenvalue weighted by Crippen LogP contribution is -2.57. The van der Waals surface area contributed by atoms with Gasteiger partial charge in [0.1, 0.15) is 5.78 Å². The standard InChI is InChI=1S/C28H46O4/c1-17(7-6-8-18(2)26(31)32-5)21-9-10-22-25-23(12-14-28(21,22)4)27(3)13-11-20(29)15-19(27)16-24(25)30/h17-23,25,29H,6-16H2,1-5H3/t17-,18?,19+,20-,21-,22+,23+,25+,27+,28-/m1/s1. The van der Waals surface area contributed by atoms with Gasteiger partial charge in [0, 0.05) is 12.3 Å². The van der Waals surface area contributed by atoms with Crippen LogP contribution in [-0.2, 0) is 14.3 Å². The molecule has 10 atom stereocenters. The summed E-state index contributed by atoms with van der Waals surface area (Å²) in [5.41, 5.74) is 0.522.